The summed E-state index contributed by atoms with van der Waals surface area (Å²) in [5.41, 5.74) is 1.78. The average Bonchev–Trinajstić information content (AvgIpc) is 2.43. The van der Waals surface area contributed by atoms with E-state index in [2.05, 4.69) is 11.4 Å². The molecule has 0 saturated carbocycles. The molecule has 0 spiro atoms. The van der Waals surface area contributed by atoms with Gasteiger partial charge in [0.15, 0.2) is 0 Å². The normalized spacial score (nSPS) is 10.2. The summed E-state index contributed by atoms with van der Waals surface area (Å²) in [7, 11) is 1.89. The second-order valence-corrected chi connectivity index (χ2v) is 5.50. The van der Waals surface area contributed by atoms with E-state index in [0.717, 1.165) is 21.9 Å². The lowest BCUT2D eigenvalue weighted by Gasteiger charge is -2.07. The Balaban J connectivity index is 2.31. The summed E-state index contributed by atoms with van der Waals surface area (Å²) in [6.45, 7) is 0.756. The van der Waals surface area contributed by atoms with Crippen LogP contribution in [0.1, 0.15) is 11.1 Å². The number of nitrogens with zero attached hydrogens (tertiary/aromatic N) is 1. The Morgan fingerprint density at radius 1 is 1.21 bits per heavy atom. The number of rotatable bonds is 4. The van der Waals surface area contributed by atoms with Crippen molar-refractivity contribution in [2.45, 2.75) is 16.3 Å². The molecule has 0 atom stereocenters. The summed E-state index contributed by atoms with van der Waals surface area (Å²) < 4.78 is 0. The van der Waals surface area contributed by atoms with Crippen LogP contribution in [0, 0.1) is 11.3 Å². The second-order valence-electron chi connectivity index (χ2n) is 4.01. The maximum atomic E-state index is 9.24. The highest BCUT2D eigenvalue weighted by Crippen LogP contribution is 2.35. The molecule has 0 aromatic heterocycles. The molecule has 96 valence electrons. The van der Waals surface area contributed by atoms with Crippen molar-refractivity contribution in [3.63, 3.8) is 0 Å². The maximum Gasteiger partial charge on any atom is 0.100 e. The van der Waals surface area contributed by atoms with Crippen LogP contribution in [0.5, 0.6) is 0 Å². The van der Waals surface area contributed by atoms with Crippen molar-refractivity contribution in [1.29, 1.82) is 5.26 Å². The zero-order chi connectivity index (χ0) is 13.7. The molecule has 0 saturated heterocycles. The molecule has 0 fully saturated rings. The van der Waals surface area contributed by atoms with E-state index in [1.54, 1.807) is 0 Å². The van der Waals surface area contributed by atoms with E-state index in [4.69, 9.17) is 11.6 Å². The second kappa shape index (κ2) is 6.63. The third-order valence-electron chi connectivity index (χ3n) is 2.60. The van der Waals surface area contributed by atoms with Gasteiger partial charge in [-0.15, -0.1) is 0 Å². The molecule has 0 aliphatic heterocycles. The molecule has 0 amide bonds. The SMILES string of the molecule is CNCc1ccc(Sc2ccccc2Cl)c(C#N)c1. The molecule has 4 heteroatoms. The molecule has 0 bridgehead atoms. The Morgan fingerprint density at radius 3 is 2.68 bits per heavy atom. The van der Waals surface area contributed by atoms with Gasteiger partial charge < -0.3 is 5.32 Å². The molecule has 2 aromatic rings. The molecular weight excluding hydrogens is 276 g/mol. The van der Waals surface area contributed by atoms with Crippen molar-refractivity contribution in [3.8, 4) is 6.07 Å². The van der Waals surface area contributed by atoms with Crippen LogP contribution < -0.4 is 5.32 Å². The average molecular weight is 289 g/mol. The Bertz CT molecular complexity index is 620. The highest BCUT2D eigenvalue weighted by atomic mass is 35.5. The number of benzene rings is 2. The van der Waals surface area contributed by atoms with Crippen LogP contribution in [0.15, 0.2) is 52.3 Å². The van der Waals surface area contributed by atoms with Crippen molar-refractivity contribution in [2.75, 3.05) is 7.05 Å². The smallest absolute Gasteiger partial charge is 0.100 e. The lowest BCUT2D eigenvalue weighted by molar-refractivity contribution is 0.816. The molecule has 0 unspecified atom stereocenters. The summed E-state index contributed by atoms with van der Waals surface area (Å²) in [5.74, 6) is 0. The van der Waals surface area contributed by atoms with Gasteiger partial charge >= 0.3 is 0 Å². The standard InChI is InChI=1S/C15H13ClN2S/c1-18-10-11-6-7-14(12(8-11)9-17)19-15-5-3-2-4-13(15)16/h2-8,18H,10H2,1H3. The van der Waals surface area contributed by atoms with Crippen LogP contribution >= 0.6 is 23.4 Å². The molecule has 2 aromatic carbocycles. The minimum Gasteiger partial charge on any atom is -0.316 e. The highest BCUT2D eigenvalue weighted by molar-refractivity contribution is 7.99. The Labute approximate surface area is 122 Å². The summed E-state index contributed by atoms with van der Waals surface area (Å²) >= 11 is 7.65. The first-order valence-electron chi connectivity index (χ1n) is 5.84. The Hall–Kier alpha value is -1.47. The number of hydrogen-bond donors (Lipinski definition) is 1. The fraction of sp³-hybridized carbons (Fsp3) is 0.133. The maximum absolute atomic E-state index is 9.24. The summed E-state index contributed by atoms with van der Waals surface area (Å²) in [5, 5.41) is 13.0. The third-order valence-corrected chi connectivity index (χ3v) is 4.20. The Kier molecular flexibility index (Phi) is 4.86. The van der Waals surface area contributed by atoms with Gasteiger partial charge in [-0.1, -0.05) is 41.6 Å². The quantitative estimate of drug-likeness (QED) is 0.921. The van der Waals surface area contributed by atoms with Gasteiger partial charge in [0.25, 0.3) is 0 Å². The first kappa shape index (κ1) is 14.0. The molecule has 19 heavy (non-hydrogen) atoms. The van der Waals surface area contributed by atoms with Crippen LogP contribution in [-0.2, 0) is 6.54 Å². The van der Waals surface area contributed by atoms with Crippen molar-refractivity contribution >= 4 is 23.4 Å². The van der Waals surface area contributed by atoms with E-state index in [-0.39, 0.29) is 0 Å². The predicted molar refractivity (Wildman–Crippen MR) is 79.5 cm³/mol. The fourth-order valence-corrected chi connectivity index (χ4v) is 2.86. The molecular formula is C15H13ClN2S. The monoisotopic (exact) mass is 288 g/mol. The van der Waals surface area contributed by atoms with E-state index in [9.17, 15) is 5.26 Å². The summed E-state index contributed by atoms with van der Waals surface area (Å²) in [6, 6.07) is 15.8. The van der Waals surface area contributed by atoms with Crippen molar-refractivity contribution in [2.24, 2.45) is 0 Å². The van der Waals surface area contributed by atoms with Crippen LogP contribution in [0.25, 0.3) is 0 Å². The lowest BCUT2D eigenvalue weighted by Crippen LogP contribution is -2.05. The minimum atomic E-state index is 0.678. The summed E-state index contributed by atoms with van der Waals surface area (Å²) in [4.78, 5) is 1.89. The van der Waals surface area contributed by atoms with E-state index in [0.29, 0.717) is 10.6 Å². The minimum absolute atomic E-state index is 0.678. The zero-order valence-corrected chi connectivity index (χ0v) is 12.1. The highest BCUT2D eigenvalue weighted by Gasteiger charge is 2.07. The molecule has 0 radical (unpaired) electrons. The van der Waals surface area contributed by atoms with Crippen LogP contribution in [-0.4, -0.2) is 7.05 Å². The summed E-state index contributed by atoms with van der Waals surface area (Å²) in [6.07, 6.45) is 0. The van der Waals surface area contributed by atoms with Gasteiger partial charge in [0.1, 0.15) is 6.07 Å². The van der Waals surface area contributed by atoms with Crippen LogP contribution in [0.2, 0.25) is 5.02 Å². The molecule has 1 N–H and O–H groups in total. The van der Waals surface area contributed by atoms with E-state index in [1.165, 1.54) is 11.8 Å². The molecule has 0 heterocycles. The van der Waals surface area contributed by atoms with Gasteiger partial charge in [0, 0.05) is 16.3 Å². The first-order valence-corrected chi connectivity index (χ1v) is 7.04. The van der Waals surface area contributed by atoms with Gasteiger partial charge in [0.05, 0.1) is 10.6 Å². The predicted octanol–water partition coefficient (Wildman–Crippen LogP) is 4.08. The molecule has 0 aliphatic carbocycles. The van der Waals surface area contributed by atoms with Crippen LogP contribution in [0.4, 0.5) is 0 Å². The van der Waals surface area contributed by atoms with Gasteiger partial charge in [-0.3, -0.25) is 0 Å². The molecule has 2 rings (SSSR count). The van der Waals surface area contributed by atoms with Gasteiger partial charge in [-0.2, -0.15) is 5.26 Å². The zero-order valence-electron chi connectivity index (χ0n) is 10.5. The number of nitrogens with one attached hydrogen (secondary N) is 1. The van der Waals surface area contributed by atoms with Gasteiger partial charge in [-0.05, 0) is 36.9 Å². The van der Waals surface area contributed by atoms with Gasteiger partial charge in [-0.25, -0.2) is 0 Å². The number of halogens is 1. The molecule has 0 aliphatic rings. The first-order chi connectivity index (χ1) is 9.24. The lowest BCUT2D eigenvalue weighted by atomic mass is 10.1. The van der Waals surface area contributed by atoms with Crippen LogP contribution in [0.3, 0.4) is 0 Å². The van der Waals surface area contributed by atoms with Crippen molar-refractivity contribution in [3.05, 3.63) is 58.6 Å². The van der Waals surface area contributed by atoms with E-state index in [1.807, 2.05) is 49.5 Å². The van der Waals surface area contributed by atoms with Crippen molar-refractivity contribution in [1.82, 2.24) is 5.32 Å². The largest absolute Gasteiger partial charge is 0.316 e. The topological polar surface area (TPSA) is 35.8 Å². The van der Waals surface area contributed by atoms with E-state index >= 15 is 0 Å². The number of hydrogen-bond acceptors (Lipinski definition) is 3. The third kappa shape index (κ3) is 3.51. The Morgan fingerprint density at radius 2 is 2.00 bits per heavy atom. The molecule has 2 nitrogen and oxygen atoms in total. The number of nitriles is 1. The van der Waals surface area contributed by atoms with Gasteiger partial charge in [0.2, 0.25) is 0 Å². The fourth-order valence-electron chi connectivity index (χ4n) is 1.71. The van der Waals surface area contributed by atoms with Crippen molar-refractivity contribution < 1.29 is 0 Å². The van der Waals surface area contributed by atoms with E-state index < -0.39 is 0 Å².